The summed E-state index contributed by atoms with van der Waals surface area (Å²) in [5, 5.41) is 2.72. The highest BCUT2D eigenvalue weighted by Crippen LogP contribution is 2.29. The molecule has 1 N–H and O–H groups in total. The van der Waals surface area contributed by atoms with Crippen molar-refractivity contribution in [2.45, 2.75) is 20.5 Å². The van der Waals surface area contributed by atoms with Crippen molar-refractivity contribution >= 4 is 12.0 Å². The van der Waals surface area contributed by atoms with Crippen LogP contribution in [0.5, 0.6) is 11.5 Å². The predicted octanol–water partition coefficient (Wildman–Crippen LogP) is 3.81. The quantitative estimate of drug-likeness (QED) is 0.803. The summed E-state index contributed by atoms with van der Waals surface area (Å²) in [5.41, 5.74) is 2.11. The normalized spacial score (nSPS) is 10.6. The van der Waals surface area contributed by atoms with Crippen molar-refractivity contribution in [3.05, 3.63) is 65.7 Å². The van der Waals surface area contributed by atoms with Gasteiger partial charge in [-0.05, 0) is 30.2 Å². The number of hydrogen-bond donors (Lipinski definition) is 1. The molecular weight excluding hydrogens is 302 g/mol. The van der Waals surface area contributed by atoms with Crippen LogP contribution in [-0.2, 0) is 11.4 Å². The second-order valence-electron chi connectivity index (χ2n) is 5.25. The average Bonchev–Trinajstić information content (AvgIpc) is 2.59. The lowest BCUT2D eigenvalue weighted by molar-refractivity contribution is -0.118. The van der Waals surface area contributed by atoms with E-state index in [-0.39, 0.29) is 5.91 Å². The number of carbonyl (C=O) groups is 1. The summed E-state index contributed by atoms with van der Waals surface area (Å²) in [6, 6.07) is 15.8. The molecule has 4 heteroatoms. The molecule has 0 bridgehead atoms. The number of hydrogen-bond acceptors (Lipinski definition) is 3. The third-order valence-corrected chi connectivity index (χ3v) is 3.28. The Kier molecular flexibility index (Phi) is 6.90. The number of carbonyl (C=O) groups excluding carboxylic acids is 1. The van der Waals surface area contributed by atoms with Crippen LogP contribution in [0.2, 0.25) is 0 Å². The van der Waals surface area contributed by atoms with Gasteiger partial charge in [0.15, 0.2) is 11.5 Å². The fraction of sp³-hybridized carbons (Fsp3) is 0.250. The molecule has 0 atom stereocenters. The number of rotatable bonds is 8. The van der Waals surface area contributed by atoms with E-state index in [1.54, 1.807) is 0 Å². The fourth-order valence-electron chi connectivity index (χ4n) is 2.15. The summed E-state index contributed by atoms with van der Waals surface area (Å²) >= 11 is 0. The minimum absolute atomic E-state index is 0.0423. The largest absolute Gasteiger partial charge is 0.490 e. The van der Waals surface area contributed by atoms with Crippen LogP contribution < -0.4 is 14.8 Å². The lowest BCUT2D eigenvalue weighted by Crippen LogP contribution is -2.19. The van der Waals surface area contributed by atoms with E-state index in [2.05, 4.69) is 5.32 Å². The Balaban J connectivity index is 2.04. The maximum atomic E-state index is 10.8. The second-order valence-corrected chi connectivity index (χ2v) is 5.25. The van der Waals surface area contributed by atoms with E-state index in [1.165, 1.54) is 6.92 Å². The molecule has 0 fully saturated rings. The third kappa shape index (κ3) is 5.80. The average molecular weight is 325 g/mol. The van der Waals surface area contributed by atoms with E-state index < -0.39 is 0 Å². The van der Waals surface area contributed by atoms with Crippen LogP contribution in [0.25, 0.3) is 6.08 Å². The number of ether oxygens (including phenoxy) is 2. The van der Waals surface area contributed by atoms with Crippen molar-refractivity contribution in [1.82, 2.24) is 5.32 Å². The molecule has 0 heterocycles. The van der Waals surface area contributed by atoms with Crippen LogP contribution in [0, 0.1) is 0 Å². The SMILES string of the molecule is CCOc1cc(C=CCNC(C)=O)ccc1OCc1ccccc1. The Morgan fingerprint density at radius 1 is 1.08 bits per heavy atom. The summed E-state index contributed by atoms with van der Waals surface area (Å²) in [4.78, 5) is 10.8. The minimum Gasteiger partial charge on any atom is -0.490 e. The van der Waals surface area contributed by atoms with Gasteiger partial charge in [0.1, 0.15) is 6.61 Å². The number of benzene rings is 2. The molecule has 0 aliphatic carbocycles. The van der Waals surface area contributed by atoms with Crippen LogP contribution in [0.15, 0.2) is 54.6 Å². The zero-order chi connectivity index (χ0) is 17.2. The molecule has 1 amide bonds. The van der Waals surface area contributed by atoms with Gasteiger partial charge in [-0.2, -0.15) is 0 Å². The molecule has 4 nitrogen and oxygen atoms in total. The van der Waals surface area contributed by atoms with E-state index in [9.17, 15) is 4.79 Å². The van der Waals surface area contributed by atoms with Gasteiger partial charge in [-0.15, -0.1) is 0 Å². The summed E-state index contributed by atoms with van der Waals surface area (Å²) in [5.74, 6) is 1.40. The van der Waals surface area contributed by atoms with Gasteiger partial charge in [0.25, 0.3) is 0 Å². The molecule has 24 heavy (non-hydrogen) atoms. The monoisotopic (exact) mass is 325 g/mol. The second kappa shape index (κ2) is 9.40. The van der Waals surface area contributed by atoms with E-state index in [4.69, 9.17) is 9.47 Å². The molecule has 2 rings (SSSR count). The van der Waals surface area contributed by atoms with E-state index in [1.807, 2.05) is 67.6 Å². The van der Waals surface area contributed by atoms with Gasteiger partial charge in [0.05, 0.1) is 6.61 Å². The Bertz CT molecular complexity index is 681. The number of amides is 1. The van der Waals surface area contributed by atoms with Gasteiger partial charge in [-0.25, -0.2) is 0 Å². The summed E-state index contributed by atoms with van der Waals surface area (Å²) in [6.07, 6.45) is 3.84. The zero-order valence-electron chi connectivity index (χ0n) is 14.1. The highest BCUT2D eigenvalue weighted by atomic mass is 16.5. The van der Waals surface area contributed by atoms with Crippen molar-refractivity contribution in [1.29, 1.82) is 0 Å². The maximum Gasteiger partial charge on any atom is 0.217 e. The lowest BCUT2D eigenvalue weighted by Gasteiger charge is -2.12. The first-order valence-electron chi connectivity index (χ1n) is 8.03. The Morgan fingerprint density at radius 3 is 2.58 bits per heavy atom. The van der Waals surface area contributed by atoms with Crippen LogP contribution in [0.1, 0.15) is 25.0 Å². The third-order valence-electron chi connectivity index (χ3n) is 3.28. The van der Waals surface area contributed by atoms with Crippen molar-refractivity contribution in [2.75, 3.05) is 13.2 Å². The smallest absolute Gasteiger partial charge is 0.217 e. The van der Waals surface area contributed by atoms with Gasteiger partial charge in [0, 0.05) is 13.5 Å². The molecule has 2 aromatic rings. The molecule has 0 saturated carbocycles. The van der Waals surface area contributed by atoms with Gasteiger partial charge in [-0.3, -0.25) is 4.79 Å². The molecule has 0 aromatic heterocycles. The Hall–Kier alpha value is -2.75. The Labute approximate surface area is 143 Å². The van der Waals surface area contributed by atoms with Gasteiger partial charge < -0.3 is 14.8 Å². The highest BCUT2D eigenvalue weighted by Gasteiger charge is 2.06. The first-order valence-corrected chi connectivity index (χ1v) is 8.03. The molecule has 0 radical (unpaired) electrons. The molecular formula is C20H23NO3. The molecule has 0 aliphatic rings. The predicted molar refractivity (Wildman–Crippen MR) is 96.1 cm³/mol. The summed E-state index contributed by atoms with van der Waals surface area (Å²) in [6.45, 7) is 5.02. The maximum absolute atomic E-state index is 10.8. The van der Waals surface area contributed by atoms with Gasteiger partial charge in [0.2, 0.25) is 5.91 Å². The fourth-order valence-corrected chi connectivity index (χ4v) is 2.15. The lowest BCUT2D eigenvalue weighted by atomic mass is 10.2. The van der Waals surface area contributed by atoms with Crippen LogP contribution in [0.3, 0.4) is 0 Å². The molecule has 0 aliphatic heterocycles. The van der Waals surface area contributed by atoms with Crippen LogP contribution in [-0.4, -0.2) is 19.1 Å². The van der Waals surface area contributed by atoms with E-state index in [0.717, 1.165) is 22.6 Å². The van der Waals surface area contributed by atoms with Crippen molar-refractivity contribution in [2.24, 2.45) is 0 Å². The van der Waals surface area contributed by atoms with Crippen molar-refractivity contribution in [3.63, 3.8) is 0 Å². The molecule has 0 spiro atoms. The summed E-state index contributed by atoms with van der Waals surface area (Å²) in [7, 11) is 0. The first kappa shape index (κ1) is 17.6. The zero-order valence-corrected chi connectivity index (χ0v) is 14.1. The molecule has 0 unspecified atom stereocenters. The first-order chi connectivity index (χ1) is 11.7. The van der Waals surface area contributed by atoms with Crippen molar-refractivity contribution < 1.29 is 14.3 Å². The van der Waals surface area contributed by atoms with Crippen LogP contribution in [0.4, 0.5) is 0 Å². The Morgan fingerprint density at radius 2 is 1.88 bits per heavy atom. The van der Waals surface area contributed by atoms with Gasteiger partial charge >= 0.3 is 0 Å². The van der Waals surface area contributed by atoms with Crippen LogP contribution >= 0.6 is 0 Å². The molecule has 0 saturated heterocycles. The van der Waals surface area contributed by atoms with Crippen molar-refractivity contribution in [3.8, 4) is 11.5 Å². The summed E-state index contributed by atoms with van der Waals surface area (Å²) < 4.78 is 11.6. The molecule has 126 valence electrons. The molecule has 2 aromatic carbocycles. The van der Waals surface area contributed by atoms with E-state index >= 15 is 0 Å². The topological polar surface area (TPSA) is 47.6 Å². The highest BCUT2D eigenvalue weighted by molar-refractivity contribution is 5.73. The minimum atomic E-state index is -0.0423. The van der Waals surface area contributed by atoms with Gasteiger partial charge in [-0.1, -0.05) is 48.6 Å². The number of nitrogens with one attached hydrogen (secondary N) is 1. The van der Waals surface area contributed by atoms with E-state index in [0.29, 0.717) is 19.8 Å². The standard InChI is InChI=1S/C20H23NO3/c1-3-23-20-14-17(10-7-13-21-16(2)22)11-12-19(20)24-15-18-8-5-4-6-9-18/h4-12,14H,3,13,15H2,1-2H3,(H,21,22).